The molecule has 0 saturated heterocycles. The summed E-state index contributed by atoms with van der Waals surface area (Å²) in [6, 6.07) is 9.45. The van der Waals surface area contributed by atoms with Gasteiger partial charge in [0.2, 0.25) is 0 Å². The van der Waals surface area contributed by atoms with Gasteiger partial charge < -0.3 is 0 Å². The van der Waals surface area contributed by atoms with E-state index in [0.29, 0.717) is 5.01 Å². The minimum Gasteiger partial charge on any atom is -0.258 e. The third-order valence-corrected chi connectivity index (χ3v) is 4.01. The highest BCUT2D eigenvalue weighted by atomic mass is 32.1. The number of hydrogen-bond donors (Lipinski definition) is 0. The van der Waals surface area contributed by atoms with Crippen LogP contribution in [0.15, 0.2) is 36.4 Å². The monoisotopic (exact) mass is 288 g/mol. The van der Waals surface area contributed by atoms with Gasteiger partial charge in [-0.05, 0) is 30.7 Å². The van der Waals surface area contributed by atoms with Gasteiger partial charge in [-0.15, -0.1) is 11.3 Å². The highest BCUT2D eigenvalue weighted by Crippen LogP contribution is 2.33. The van der Waals surface area contributed by atoms with Gasteiger partial charge in [0.05, 0.1) is 21.2 Å². The Hall–Kier alpha value is -2.34. The van der Waals surface area contributed by atoms with Crippen molar-refractivity contribution in [2.75, 3.05) is 0 Å². The van der Waals surface area contributed by atoms with E-state index in [1.807, 2.05) is 25.1 Å². The zero-order valence-corrected chi connectivity index (χ0v) is 11.3. The molecule has 3 rings (SSSR count). The van der Waals surface area contributed by atoms with Crippen molar-refractivity contribution in [1.82, 2.24) is 4.98 Å². The smallest absolute Gasteiger partial charge is 0.258 e. The molecule has 0 fully saturated rings. The molecule has 0 bridgehead atoms. The predicted molar refractivity (Wildman–Crippen MR) is 76.4 cm³/mol. The summed E-state index contributed by atoms with van der Waals surface area (Å²) in [4.78, 5) is 14.4. The average molecular weight is 288 g/mol. The molecule has 0 unspecified atom stereocenters. The molecule has 20 heavy (non-hydrogen) atoms. The molecule has 0 aliphatic heterocycles. The van der Waals surface area contributed by atoms with Crippen LogP contribution in [0.2, 0.25) is 0 Å². The van der Waals surface area contributed by atoms with Crippen molar-refractivity contribution in [2.24, 2.45) is 0 Å². The topological polar surface area (TPSA) is 56.0 Å². The number of rotatable bonds is 2. The minimum absolute atomic E-state index is 0.261. The Morgan fingerprint density at radius 2 is 2.05 bits per heavy atom. The first-order chi connectivity index (χ1) is 9.54. The fraction of sp³-hybridized carbons (Fsp3) is 0.0714. The lowest BCUT2D eigenvalue weighted by Gasteiger charge is -1.98. The number of benzene rings is 2. The molecule has 0 amide bonds. The van der Waals surface area contributed by atoms with E-state index in [4.69, 9.17) is 0 Å². The summed E-state index contributed by atoms with van der Waals surface area (Å²) < 4.78 is 14.9. The molecular weight excluding hydrogens is 279 g/mol. The molecule has 0 radical (unpaired) electrons. The van der Waals surface area contributed by atoms with E-state index in [1.165, 1.54) is 23.5 Å². The van der Waals surface area contributed by atoms with Crippen LogP contribution in [0.25, 0.3) is 20.8 Å². The standard InChI is InChI=1S/C14H9FN2O2S/c1-8-2-5-13-12(6-8)16-14(20-13)10-4-3-9(17(18)19)7-11(10)15/h2-7H,1H3. The number of nitrogens with zero attached hydrogens (tertiary/aromatic N) is 2. The zero-order valence-electron chi connectivity index (χ0n) is 10.5. The summed E-state index contributed by atoms with van der Waals surface area (Å²) in [6.07, 6.45) is 0. The van der Waals surface area contributed by atoms with Crippen molar-refractivity contribution in [3.63, 3.8) is 0 Å². The molecule has 0 atom stereocenters. The van der Waals surface area contributed by atoms with Crippen molar-refractivity contribution in [3.8, 4) is 10.6 Å². The van der Waals surface area contributed by atoms with E-state index in [9.17, 15) is 14.5 Å². The molecule has 0 aliphatic rings. The summed E-state index contributed by atoms with van der Waals surface area (Å²) in [5.41, 5.74) is 1.92. The lowest BCUT2D eigenvalue weighted by atomic mass is 10.2. The Kier molecular flexibility index (Phi) is 2.94. The van der Waals surface area contributed by atoms with Crippen LogP contribution in [0, 0.1) is 22.9 Å². The number of halogens is 1. The SMILES string of the molecule is Cc1ccc2sc(-c3ccc([N+](=O)[O-])cc3F)nc2c1. The lowest BCUT2D eigenvalue weighted by molar-refractivity contribution is -0.385. The third kappa shape index (κ3) is 2.14. The van der Waals surface area contributed by atoms with Crippen LogP contribution in [0.3, 0.4) is 0 Å². The molecule has 0 N–H and O–H groups in total. The highest BCUT2D eigenvalue weighted by molar-refractivity contribution is 7.21. The quantitative estimate of drug-likeness (QED) is 0.521. The number of nitro benzene ring substituents is 1. The zero-order chi connectivity index (χ0) is 14.3. The van der Waals surface area contributed by atoms with Crippen LogP contribution < -0.4 is 0 Å². The van der Waals surface area contributed by atoms with Crippen LogP contribution in [0.4, 0.5) is 10.1 Å². The van der Waals surface area contributed by atoms with Gasteiger partial charge in [-0.25, -0.2) is 9.37 Å². The van der Waals surface area contributed by atoms with Crippen LogP contribution in [0.5, 0.6) is 0 Å². The normalized spacial score (nSPS) is 10.9. The van der Waals surface area contributed by atoms with Crippen molar-refractivity contribution in [3.05, 3.63) is 57.9 Å². The van der Waals surface area contributed by atoms with Gasteiger partial charge in [0.1, 0.15) is 10.8 Å². The Morgan fingerprint density at radius 1 is 1.25 bits per heavy atom. The summed E-state index contributed by atoms with van der Waals surface area (Å²) in [6.45, 7) is 1.96. The Balaban J connectivity index is 2.13. The number of hydrogen-bond acceptors (Lipinski definition) is 4. The van der Waals surface area contributed by atoms with E-state index < -0.39 is 10.7 Å². The summed E-state index contributed by atoms with van der Waals surface area (Å²) in [5, 5.41) is 11.1. The third-order valence-electron chi connectivity index (χ3n) is 2.94. The second-order valence-corrected chi connectivity index (χ2v) is 5.44. The Labute approximate surface area is 117 Å². The second-order valence-electron chi connectivity index (χ2n) is 4.41. The van der Waals surface area contributed by atoms with Crippen molar-refractivity contribution >= 4 is 27.2 Å². The predicted octanol–water partition coefficient (Wildman–Crippen LogP) is 4.32. The van der Waals surface area contributed by atoms with Crippen molar-refractivity contribution in [2.45, 2.75) is 6.92 Å². The second kappa shape index (κ2) is 4.64. The molecule has 0 aliphatic carbocycles. The average Bonchev–Trinajstić information content (AvgIpc) is 2.80. The number of thiazole rings is 1. The Bertz CT molecular complexity index is 829. The summed E-state index contributed by atoms with van der Waals surface area (Å²) in [5.74, 6) is -0.630. The van der Waals surface area contributed by atoms with E-state index in [1.54, 1.807) is 0 Å². The molecule has 6 heteroatoms. The molecule has 1 heterocycles. The first-order valence-corrected chi connectivity index (χ1v) is 6.68. The number of aromatic nitrogens is 1. The van der Waals surface area contributed by atoms with Gasteiger partial charge in [0.15, 0.2) is 0 Å². The van der Waals surface area contributed by atoms with Gasteiger partial charge in [0.25, 0.3) is 5.69 Å². The molecule has 2 aromatic carbocycles. The molecule has 0 saturated carbocycles. The van der Waals surface area contributed by atoms with Gasteiger partial charge >= 0.3 is 0 Å². The number of nitro groups is 1. The van der Waals surface area contributed by atoms with Crippen LogP contribution in [-0.2, 0) is 0 Å². The number of aryl methyl sites for hydroxylation is 1. The summed E-state index contributed by atoms with van der Waals surface area (Å²) >= 11 is 1.37. The maximum absolute atomic E-state index is 14.0. The molecule has 0 spiro atoms. The van der Waals surface area contributed by atoms with Crippen molar-refractivity contribution in [1.29, 1.82) is 0 Å². The summed E-state index contributed by atoms with van der Waals surface area (Å²) in [7, 11) is 0. The molecule has 100 valence electrons. The largest absolute Gasteiger partial charge is 0.272 e. The maximum Gasteiger partial charge on any atom is 0.272 e. The van der Waals surface area contributed by atoms with Gasteiger partial charge in [-0.1, -0.05) is 6.07 Å². The number of non-ortho nitro benzene ring substituents is 1. The van der Waals surface area contributed by atoms with E-state index in [2.05, 4.69) is 4.98 Å². The van der Waals surface area contributed by atoms with Crippen LogP contribution >= 0.6 is 11.3 Å². The minimum atomic E-state index is -0.630. The van der Waals surface area contributed by atoms with Crippen LogP contribution in [-0.4, -0.2) is 9.91 Å². The molecule has 1 aromatic heterocycles. The fourth-order valence-corrected chi connectivity index (χ4v) is 2.92. The lowest BCUT2D eigenvalue weighted by Crippen LogP contribution is -1.90. The first kappa shape index (κ1) is 12.7. The maximum atomic E-state index is 14.0. The fourth-order valence-electron chi connectivity index (χ4n) is 1.94. The molecule has 3 aromatic rings. The van der Waals surface area contributed by atoms with Gasteiger partial charge in [-0.2, -0.15) is 0 Å². The highest BCUT2D eigenvalue weighted by Gasteiger charge is 2.15. The van der Waals surface area contributed by atoms with E-state index in [0.717, 1.165) is 21.8 Å². The van der Waals surface area contributed by atoms with Crippen molar-refractivity contribution < 1.29 is 9.31 Å². The van der Waals surface area contributed by atoms with E-state index >= 15 is 0 Å². The first-order valence-electron chi connectivity index (χ1n) is 5.86. The number of fused-ring (bicyclic) bond motifs is 1. The van der Waals surface area contributed by atoms with Gasteiger partial charge in [0, 0.05) is 11.6 Å². The van der Waals surface area contributed by atoms with E-state index in [-0.39, 0.29) is 11.3 Å². The Morgan fingerprint density at radius 3 is 2.75 bits per heavy atom. The van der Waals surface area contributed by atoms with Gasteiger partial charge in [-0.3, -0.25) is 10.1 Å². The molecular formula is C14H9FN2O2S. The molecule has 4 nitrogen and oxygen atoms in total. The van der Waals surface area contributed by atoms with Crippen LogP contribution in [0.1, 0.15) is 5.56 Å².